The van der Waals surface area contributed by atoms with Crippen LogP contribution < -0.4 is 4.57 Å². The van der Waals surface area contributed by atoms with Crippen molar-refractivity contribution in [3.8, 4) is 0 Å². The number of hydrogen-bond acceptors (Lipinski definition) is 11. The predicted octanol–water partition coefficient (Wildman–Crippen LogP) is 2.72. The molecule has 1 amide bonds. The van der Waals surface area contributed by atoms with Crippen LogP contribution in [0.4, 0.5) is 5.69 Å². The zero-order valence-corrected chi connectivity index (χ0v) is 26.4. The number of aromatic nitrogens is 1. The molecule has 4 heterocycles. The number of aliphatic hydroxyl groups excluding tert-OH is 1. The van der Waals surface area contributed by atoms with Gasteiger partial charge in [-0.1, -0.05) is 13.0 Å². The standard InChI is InChI=1S/C29H34N3O11PS/c1-18-25-24(19(2)33)28(34)31(25)26(29(35)41-15-20-6-8-21(9-7-20)32(36)37)27(18)45-23-14-22(40-17-23)16-43-44(38,39)42-13-12-30-10-4-3-5-11-30/h3-11,18-19,22-25,33H,12-17H2,1-2H3/p+1. The third-order valence-electron chi connectivity index (χ3n) is 7.96. The van der Waals surface area contributed by atoms with E-state index in [1.54, 1.807) is 11.5 Å². The van der Waals surface area contributed by atoms with Crippen LogP contribution in [0.1, 0.15) is 25.8 Å². The Hall–Kier alpha value is -3.17. The Balaban J connectivity index is 1.20. The summed E-state index contributed by atoms with van der Waals surface area (Å²) >= 11 is 1.38. The highest BCUT2D eigenvalue weighted by Crippen LogP contribution is 2.52. The average molecular weight is 665 g/mol. The normalized spacial score (nSPS) is 26.3. The maximum Gasteiger partial charge on any atom is 0.472 e. The Bertz CT molecular complexity index is 1490. The summed E-state index contributed by atoms with van der Waals surface area (Å²) in [5, 5.41) is 21.0. The number of β-lactam (4-membered cyclic amide) rings is 1. The number of nitro benzene ring substituents is 1. The smallest absolute Gasteiger partial charge is 0.456 e. The molecule has 16 heteroatoms. The van der Waals surface area contributed by atoms with Crippen LogP contribution in [0, 0.1) is 22.0 Å². The minimum absolute atomic E-state index is 0.0224. The molecular formula is C29H35N3O11PS+. The van der Waals surface area contributed by atoms with Gasteiger partial charge in [-0.3, -0.25) is 24.0 Å². The highest BCUT2D eigenvalue weighted by atomic mass is 32.2. The second kappa shape index (κ2) is 14.1. The lowest BCUT2D eigenvalue weighted by Gasteiger charge is -2.46. The fourth-order valence-electron chi connectivity index (χ4n) is 5.71. The highest BCUT2D eigenvalue weighted by molar-refractivity contribution is 8.03. The number of rotatable bonds is 14. The van der Waals surface area contributed by atoms with Gasteiger partial charge in [0.05, 0.1) is 42.3 Å². The van der Waals surface area contributed by atoms with E-state index >= 15 is 0 Å². The first-order valence-electron chi connectivity index (χ1n) is 14.4. The van der Waals surface area contributed by atoms with Crippen molar-refractivity contribution in [2.75, 3.05) is 19.8 Å². The first-order valence-corrected chi connectivity index (χ1v) is 16.8. The summed E-state index contributed by atoms with van der Waals surface area (Å²) in [6.07, 6.45) is 2.68. The molecule has 0 saturated carbocycles. The molecule has 1 aromatic heterocycles. The number of aliphatic hydroxyl groups is 1. The number of carbonyl (C=O) groups is 2. The number of nitro groups is 1. The Kier molecular flexibility index (Phi) is 10.4. The van der Waals surface area contributed by atoms with Gasteiger partial charge < -0.3 is 24.4 Å². The average Bonchev–Trinajstić information content (AvgIpc) is 3.55. The van der Waals surface area contributed by atoms with E-state index in [1.807, 2.05) is 37.5 Å². The zero-order chi connectivity index (χ0) is 32.3. The van der Waals surface area contributed by atoms with Crippen molar-refractivity contribution in [3.05, 3.63) is 81.1 Å². The maximum absolute atomic E-state index is 13.4. The van der Waals surface area contributed by atoms with E-state index in [0.717, 1.165) is 0 Å². The van der Waals surface area contributed by atoms with Gasteiger partial charge in [0.1, 0.15) is 18.9 Å². The van der Waals surface area contributed by atoms with E-state index in [0.29, 0.717) is 23.4 Å². The number of carbonyl (C=O) groups excluding carboxylic acids is 2. The number of non-ortho nitro benzene ring substituents is 1. The van der Waals surface area contributed by atoms with Gasteiger partial charge in [-0.15, -0.1) is 11.8 Å². The van der Waals surface area contributed by atoms with Crippen molar-refractivity contribution in [2.45, 2.75) is 56.9 Å². The summed E-state index contributed by atoms with van der Waals surface area (Å²) in [5.41, 5.74) is 0.568. The Morgan fingerprint density at radius 3 is 2.62 bits per heavy atom. The van der Waals surface area contributed by atoms with Crippen LogP contribution in [0.15, 0.2) is 65.5 Å². The first kappa shape index (κ1) is 33.2. The summed E-state index contributed by atoms with van der Waals surface area (Å²) in [5.74, 6) is -2.00. The van der Waals surface area contributed by atoms with E-state index in [1.165, 1.54) is 40.9 Å². The minimum atomic E-state index is -4.31. The SMILES string of the molecule is CC(O)C1C(=O)N2C(C(=O)OCc3ccc([N+](=O)[O-])cc3)=C(SC3COC(COP(=O)(O)OCC[n+]4ccccc4)C3)C(C)C12. The van der Waals surface area contributed by atoms with Gasteiger partial charge >= 0.3 is 13.8 Å². The molecule has 2 fully saturated rings. The van der Waals surface area contributed by atoms with Crippen LogP contribution in [-0.2, 0) is 45.8 Å². The molecule has 2 saturated heterocycles. The second-order valence-corrected chi connectivity index (χ2v) is 13.9. The fourth-order valence-corrected chi connectivity index (χ4v) is 7.92. The largest absolute Gasteiger partial charge is 0.472 e. The summed E-state index contributed by atoms with van der Waals surface area (Å²) in [6.45, 7) is 3.74. The lowest BCUT2D eigenvalue weighted by atomic mass is 9.79. The van der Waals surface area contributed by atoms with Crippen molar-refractivity contribution in [1.29, 1.82) is 0 Å². The molecular weight excluding hydrogens is 629 g/mol. The minimum Gasteiger partial charge on any atom is -0.456 e. The molecule has 0 bridgehead atoms. The summed E-state index contributed by atoms with van der Waals surface area (Å²) in [4.78, 5) is 49.0. The van der Waals surface area contributed by atoms with Crippen LogP contribution in [-0.4, -0.2) is 75.0 Å². The number of fused-ring (bicyclic) bond motifs is 1. The molecule has 14 nitrogen and oxygen atoms in total. The molecule has 242 valence electrons. The molecule has 7 unspecified atom stereocenters. The van der Waals surface area contributed by atoms with E-state index in [-0.39, 0.29) is 54.9 Å². The van der Waals surface area contributed by atoms with Gasteiger partial charge in [-0.05, 0) is 31.0 Å². The summed E-state index contributed by atoms with van der Waals surface area (Å²) < 4.78 is 35.8. The zero-order valence-electron chi connectivity index (χ0n) is 24.7. The number of benzene rings is 1. The van der Waals surface area contributed by atoms with Crippen molar-refractivity contribution in [1.82, 2.24) is 4.90 Å². The first-order chi connectivity index (χ1) is 21.4. The fraction of sp³-hybridized carbons (Fsp3) is 0.483. The Labute approximate surface area is 263 Å². The maximum atomic E-state index is 13.4. The van der Waals surface area contributed by atoms with Crippen molar-refractivity contribution in [2.24, 2.45) is 11.8 Å². The second-order valence-electron chi connectivity index (χ2n) is 11.1. The van der Waals surface area contributed by atoms with E-state index < -0.39 is 42.9 Å². The third-order valence-corrected chi connectivity index (χ3v) is 10.4. The molecule has 1 aromatic carbocycles. The Morgan fingerprint density at radius 1 is 1.24 bits per heavy atom. The number of esters is 1. The number of hydrogen-bond donors (Lipinski definition) is 2. The molecule has 5 rings (SSSR count). The van der Waals surface area contributed by atoms with Crippen molar-refractivity contribution >= 4 is 37.1 Å². The van der Waals surface area contributed by atoms with Gasteiger partial charge in [-0.2, -0.15) is 0 Å². The van der Waals surface area contributed by atoms with Crippen LogP contribution in [0.25, 0.3) is 0 Å². The number of pyridine rings is 1. The molecule has 45 heavy (non-hydrogen) atoms. The number of nitrogens with zero attached hydrogens (tertiary/aromatic N) is 3. The molecule has 0 aliphatic carbocycles. The summed E-state index contributed by atoms with van der Waals surface area (Å²) in [7, 11) is -4.31. The van der Waals surface area contributed by atoms with Gasteiger partial charge in [0, 0.05) is 40.3 Å². The van der Waals surface area contributed by atoms with Crippen molar-refractivity contribution in [3.63, 3.8) is 0 Å². The highest BCUT2D eigenvalue weighted by Gasteiger charge is 2.60. The van der Waals surface area contributed by atoms with E-state index in [2.05, 4.69) is 0 Å². The molecule has 2 N–H and O–H groups in total. The quantitative estimate of drug-likeness (QED) is 0.0755. The molecule has 3 aliphatic rings. The van der Waals surface area contributed by atoms with Gasteiger partial charge in [-0.25, -0.2) is 13.9 Å². The molecule has 0 spiro atoms. The number of phosphoric acid groups is 1. The van der Waals surface area contributed by atoms with Crippen LogP contribution in [0.2, 0.25) is 0 Å². The monoisotopic (exact) mass is 664 g/mol. The number of amides is 1. The Morgan fingerprint density at radius 2 is 1.96 bits per heavy atom. The van der Waals surface area contributed by atoms with Crippen LogP contribution in [0.5, 0.6) is 0 Å². The number of ether oxygens (including phenoxy) is 2. The lowest BCUT2D eigenvalue weighted by Crippen LogP contribution is -2.63. The molecule has 0 radical (unpaired) electrons. The molecule has 7 atom stereocenters. The topological polar surface area (TPSA) is 179 Å². The van der Waals surface area contributed by atoms with E-state index in [9.17, 15) is 34.3 Å². The van der Waals surface area contributed by atoms with Gasteiger partial charge in [0.15, 0.2) is 18.9 Å². The number of phosphoric ester groups is 1. The van der Waals surface area contributed by atoms with Crippen LogP contribution >= 0.6 is 19.6 Å². The van der Waals surface area contributed by atoms with Crippen molar-refractivity contribution < 1.29 is 52.2 Å². The number of thioether (sulfide) groups is 1. The summed E-state index contributed by atoms with van der Waals surface area (Å²) in [6, 6.07) is 10.7. The van der Waals surface area contributed by atoms with Crippen LogP contribution in [0.3, 0.4) is 0 Å². The van der Waals surface area contributed by atoms with Gasteiger partial charge in [0.2, 0.25) is 5.91 Å². The lowest BCUT2D eigenvalue weighted by molar-refractivity contribution is -0.697. The molecule has 2 aromatic rings. The van der Waals surface area contributed by atoms with Gasteiger partial charge in [0.25, 0.3) is 5.69 Å². The third kappa shape index (κ3) is 7.63. The predicted molar refractivity (Wildman–Crippen MR) is 159 cm³/mol. The van der Waals surface area contributed by atoms with E-state index in [4.69, 9.17) is 18.5 Å². The molecule has 3 aliphatic heterocycles.